The SMILES string of the molecule is CN(CCOc1c(Cl)cccc1Cl)S(=O)(=O)c1ccccc1. The molecular weight excluding hydrogens is 345 g/mol. The Labute approximate surface area is 140 Å². The number of ether oxygens (including phenoxy) is 1. The van der Waals surface area contributed by atoms with E-state index in [0.29, 0.717) is 15.8 Å². The molecule has 0 aliphatic rings. The van der Waals surface area contributed by atoms with Crippen molar-refractivity contribution in [2.75, 3.05) is 20.2 Å². The van der Waals surface area contributed by atoms with Crippen molar-refractivity contribution in [1.29, 1.82) is 0 Å². The number of para-hydroxylation sites is 1. The Balaban J connectivity index is 2.00. The molecule has 0 fully saturated rings. The van der Waals surface area contributed by atoms with Gasteiger partial charge in [-0.05, 0) is 24.3 Å². The van der Waals surface area contributed by atoms with E-state index in [9.17, 15) is 8.42 Å². The van der Waals surface area contributed by atoms with E-state index in [1.165, 1.54) is 11.4 Å². The summed E-state index contributed by atoms with van der Waals surface area (Å²) in [6, 6.07) is 13.3. The van der Waals surface area contributed by atoms with Gasteiger partial charge in [0.15, 0.2) is 5.75 Å². The molecule has 0 aliphatic carbocycles. The first-order chi connectivity index (χ1) is 10.4. The van der Waals surface area contributed by atoms with Crippen molar-refractivity contribution in [2.45, 2.75) is 4.90 Å². The molecule has 0 bridgehead atoms. The minimum Gasteiger partial charge on any atom is -0.489 e. The van der Waals surface area contributed by atoms with Crippen molar-refractivity contribution in [2.24, 2.45) is 0 Å². The fourth-order valence-electron chi connectivity index (χ4n) is 1.79. The van der Waals surface area contributed by atoms with E-state index in [1.54, 1.807) is 48.5 Å². The van der Waals surface area contributed by atoms with Gasteiger partial charge in [-0.25, -0.2) is 8.42 Å². The largest absolute Gasteiger partial charge is 0.489 e. The average Bonchev–Trinajstić information content (AvgIpc) is 2.51. The molecule has 2 aromatic rings. The minimum absolute atomic E-state index is 0.145. The summed E-state index contributed by atoms with van der Waals surface area (Å²) in [5.74, 6) is 0.358. The summed E-state index contributed by atoms with van der Waals surface area (Å²) in [7, 11) is -2.03. The van der Waals surface area contributed by atoms with Crippen LogP contribution in [-0.4, -0.2) is 32.9 Å². The van der Waals surface area contributed by atoms with Gasteiger partial charge in [0, 0.05) is 13.6 Å². The molecule has 22 heavy (non-hydrogen) atoms. The van der Waals surface area contributed by atoms with Crippen LogP contribution in [0.25, 0.3) is 0 Å². The Bertz CT molecular complexity index is 715. The van der Waals surface area contributed by atoms with Gasteiger partial charge in [-0.2, -0.15) is 4.31 Å². The second kappa shape index (κ2) is 7.33. The van der Waals surface area contributed by atoms with E-state index in [2.05, 4.69) is 0 Å². The topological polar surface area (TPSA) is 46.6 Å². The summed E-state index contributed by atoms with van der Waals surface area (Å²) < 4.78 is 31.4. The van der Waals surface area contributed by atoms with Gasteiger partial charge in [0.2, 0.25) is 10.0 Å². The lowest BCUT2D eigenvalue weighted by molar-refractivity contribution is 0.287. The van der Waals surface area contributed by atoms with E-state index in [-0.39, 0.29) is 18.0 Å². The first-order valence-corrected chi connectivity index (χ1v) is 8.70. The number of likely N-dealkylation sites (N-methyl/N-ethyl adjacent to an activating group) is 1. The van der Waals surface area contributed by atoms with Gasteiger partial charge in [-0.15, -0.1) is 0 Å². The number of rotatable bonds is 6. The Morgan fingerprint density at radius 3 is 2.18 bits per heavy atom. The van der Waals surface area contributed by atoms with Gasteiger partial charge in [0.25, 0.3) is 0 Å². The summed E-state index contributed by atoms with van der Waals surface area (Å²) in [4.78, 5) is 0.244. The van der Waals surface area contributed by atoms with Crippen LogP contribution in [0, 0.1) is 0 Å². The predicted molar refractivity (Wildman–Crippen MR) is 88.2 cm³/mol. The lowest BCUT2D eigenvalue weighted by Crippen LogP contribution is -2.31. The lowest BCUT2D eigenvalue weighted by atomic mass is 10.3. The maximum atomic E-state index is 12.3. The molecular formula is C15H15Cl2NO3S. The zero-order valence-electron chi connectivity index (χ0n) is 11.9. The average molecular weight is 360 g/mol. The van der Waals surface area contributed by atoms with Crippen molar-refractivity contribution in [3.05, 3.63) is 58.6 Å². The normalized spacial score (nSPS) is 11.6. The summed E-state index contributed by atoms with van der Waals surface area (Å²) in [6.45, 7) is 0.324. The number of benzene rings is 2. The highest BCUT2D eigenvalue weighted by molar-refractivity contribution is 7.89. The molecule has 0 spiro atoms. The molecule has 118 valence electrons. The van der Waals surface area contributed by atoms with Crippen LogP contribution in [0.3, 0.4) is 0 Å². The van der Waals surface area contributed by atoms with Crippen LogP contribution in [0.1, 0.15) is 0 Å². The van der Waals surface area contributed by atoms with Crippen molar-refractivity contribution in [3.8, 4) is 5.75 Å². The summed E-state index contributed by atoms with van der Waals surface area (Å²) >= 11 is 12.0. The third-order valence-electron chi connectivity index (χ3n) is 3.02. The van der Waals surface area contributed by atoms with Gasteiger partial charge in [0.05, 0.1) is 14.9 Å². The molecule has 0 saturated carbocycles. The lowest BCUT2D eigenvalue weighted by Gasteiger charge is -2.18. The Kier molecular flexibility index (Phi) is 5.69. The molecule has 7 heteroatoms. The summed E-state index contributed by atoms with van der Waals surface area (Å²) in [6.07, 6.45) is 0. The van der Waals surface area contributed by atoms with Crippen LogP contribution in [0.4, 0.5) is 0 Å². The molecule has 2 rings (SSSR count). The maximum absolute atomic E-state index is 12.3. The van der Waals surface area contributed by atoms with Gasteiger partial charge < -0.3 is 4.74 Å². The molecule has 2 aromatic carbocycles. The molecule has 0 atom stereocenters. The zero-order valence-corrected chi connectivity index (χ0v) is 14.2. The number of sulfonamides is 1. The highest BCUT2D eigenvalue weighted by Crippen LogP contribution is 2.32. The van der Waals surface area contributed by atoms with Crippen LogP contribution in [-0.2, 0) is 10.0 Å². The predicted octanol–water partition coefficient (Wildman–Crippen LogP) is 3.69. The molecule has 4 nitrogen and oxygen atoms in total. The Morgan fingerprint density at radius 1 is 1.00 bits per heavy atom. The fraction of sp³-hybridized carbons (Fsp3) is 0.200. The van der Waals surface area contributed by atoms with E-state index in [4.69, 9.17) is 27.9 Å². The number of halogens is 2. The monoisotopic (exact) mass is 359 g/mol. The smallest absolute Gasteiger partial charge is 0.242 e. The minimum atomic E-state index is -3.53. The highest BCUT2D eigenvalue weighted by Gasteiger charge is 2.20. The van der Waals surface area contributed by atoms with Crippen molar-refractivity contribution < 1.29 is 13.2 Å². The van der Waals surface area contributed by atoms with Crippen molar-refractivity contribution >= 4 is 33.2 Å². The quantitative estimate of drug-likeness (QED) is 0.789. The van der Waals surface area contributed by atoms with Crippen molar-refractivity contribution in [3.63, 3.8) is 0 Å². The van der Waals surface area contributed by atoms with Crippen molar-refractivity contribution in [1.82, 2.24) is 4.31 Å². The van der Waals surface area contributed by atoms with Gasteiger partial charge in [0.1, 0.15) is 6.61 Å². The van der Waals surface area contributed by atoms with Gasteiger partial charge >= 0.3 is 0 Å². The standard InChI is InChI=1S/C15H15Cl2NO3S/c1-18(22(19,20)12-6-3-2-4-7-12)10-11-21-15-13(16)8-5-9-14(15)17/h2-9H,10-11H2,1H3. The Hall–Kier alpha value is -1.27. The molecule has 0 N–H and O–H groups in total. The summed E-state index contributed by atoms with van der Waals surface area (Å²) in [5.41, 5.74) is 0. The first kappa shape index (κ1) is 17.1. The van der Waals surface area contributed by atoms with Crippen LogP contribution < -0.4 is 4.74 Å². The highest BCUT2D eigenvalue weighted by atomic mass is 35.5. The van der Waals surface area contributed by atoms with E-state index < -0.39 is 10.0 Å². The van der Waals surface area contributed by atoms with E-state index in [0.717, 1.165) is 0 Å². The molecule has 0 aliphatic heterocycles. The third-order valence-corrected chi connectivity index (χ3v) is 5.49. The van der Waals surface area contributed by atoms with E-state index in [1.807, 2.05) is 0 Å². The van der Waals surface area contributed by atoms with Crippen LogP contribution >= 0.6 is 23.2 Å². The molecule has 0 amide bonds. The van der Waals surface area contributed by atoms with Crippen LogP contribution in [0.2, 0.25) is 10.0 Å². The molecule has 0 radical (unpaired) electrons. The van der Waals surface area contributed by atoms with Gasteiger partial charge in [-0.1, -0.05) is 47.5 Å². The molecule has 0 saturated heterocycles. The molecule has 0 heterocycles. The second-order valence-electron chi connectivity index (χ2n) is 4.54. The first-order valence-electron chi connectivity index (χ1n) is 6.51. The Morgan fingerprint density at radius 2 is 1.59 bits per heavy atom. The zero-order chi connectivity index (χ0) is 16.2. The number of hydrogen-bond acceptors (Lipinski definition) is 3. The molecule has 0 aromatic heterocycles. The number of hydrogen-bond donors (Lipinski definition) is 0. The van der Waals surface area contributed by atoms with Crippen LogP contribution in [0.15, 0.2) is 53.4 Å². The fourth-order valence-corrected chi connectivity index (χ4v) is 3.47. The molecule has 0 unspecified atom stereocenters. The maximum Gasteiger partial charge on any atom is 0.242 e. The van der Waals surface area contributed by atoms with Crippen LogP contribution in [0.5, 0.6) is 5.75 Å². The number of nitrogens with zero attached hydrogens (tertiary/aromatic N) is 1. The van der Waals surface area contributed by atoms with E-state index >= 15 is 0 Å². The summed E-state index contributed by atoms with van der Waals surface area (Å²) in [5, 5.41) is 0.780. The second-order valence-corrected chi connectivity index (χ2v) is 7.40. The van der Waals surface area contributed by atoms with Gasteiger partial charge in [-0.3, -0.25) is 0 Å². The third kappa shape index (κ3) is 3.93.